The lowest BCUT2D eigenvalue weighted by Crippen LogP contribution is -2.50. The Labute approximate surface area is 202 Å². The number of fused-ring (bicyclic) bond motifs is 1. The first kappa shape index (κ1) is 22.8. The number of aromatic nitrogens is 2. The first-order chi connectivity index (χ1) is 17.0. The lowest BCUT2D eigenvalue weighted by atomic mass is 9.73. The molecule has 0 aliphatic carbocycles. The van der Waals surface area contributed by atoms with Gasteiger partial charge in [0.2, 0.25) is 11.9 Å². The molecule has 3 aromatic carbocycles. The number of piperidine rings is 1. The van der Waals surface area contributed by atoms with Crippen LogP contribution in [0.2, 0.25) is 0 Å². The number of aromatic amines is 1. The summed E-state index contributed by atoms with van der Waals surface area (Å²) in [7, 11) is 0. The second-order valence-corrected chi connectivity index (χ2v) is 9.15. The quantitative estimate of drug-likeness (QED) is 0.443. The Kier molecular flexibility index (Phi) is 6.31. The summed E-state index contributed by atoms with van der Waals surface area (Å²) in [6.45, 7) is 1.62. The van der Waals surface area contributed by atoms with E-state index in [4.69, 9.17) is 0 Å². The van der Waals surface area contributed by atoms with Crippen molar-refractivity contribution in [1.82, 2.24) is 15.3 Å². The topological polar surface area (TPSA) is 78.1 Å². The van der Waals surface area contributed by atoms with Crippen molar-refractivity contribution in [1.29, 1.82) is 0 Å². The molecular weight excluding hydrogens is 443 g/mol. The molecule has 1 aliphatic heterocycles. The summed E-state index contributed by atoms with van der Waals surface area (Å²) in [4.78, 5) is 35.4. The van der Waals surface area contributed by atoms with Crippen molar-refractivity contribution in [3.05, 3.63) is 106 Å². The van der Waals surface area contributed by atoms with Gasteiger partial charge in [0.05, 0.1) is 16.3 Å². The molecule has 178 valence electrons. The number of nitrogens with one attached hydrogen (secondary N) is 2. The minimum absolute atomic E-state index is 0.0419. The van der Waals surface area contributed by atoms with Crippen LogP contribution in [0, 0.1) is 11.2 Å². The van der Waals surface area contributed by atoms with E-state index >= 15 is 0 Å². The first-order valence-electron chi connectivity index (χ1n) is 11.8. The third kappa shape index (κ3) is 4.94. The van der Waals surface area contributed by atoms with Gasteiger partial charge in [0.25, 0.3) is 5.56 Å². The third-order valence-electron chi connectivity index (χ3n) is 6.84. The molecular formula is C28H27FN4O2. The number of carbonyl (C=O) groups excluding carboxylic acids is 1. The zero-order valence-corrected chi connectivity index (χ0v) is 19.3. The first-order valence-corrected chi connectivity index (χ1v) is 11.8. The van der Waals surface area contributed by atoms with Crippen LogP contribution in [-0.4, -0.2) is 29.0 Å². The van der Waals surface area contributed by atoms with E-state index < -0.39 is 11.2 Å². The van der Waals surface area contributed by atoms with Gasteiger partial charge in [-0.3, -0.25) is 14.6 Å². The van der Waals surface area contributed by atoms with Gasteiger partial charge in [-0.25, -0.2) is 9.37 Å². The number of carbonyl (C=O) groups is 1. The van der Waals surface area contributed by atoms with Crippen LogP contribution in [0.5, 0.6) is 0 Å². The molecule has 35 heavy (non-hydrogen) atoms. The smallest absolute Gasteiger partial charge is 0.260 e. The zero-order chi connectivity index (χ0) is 24.3. The Morgan fingerprint density at radius 3 is 2.31 bits per heavy atom. The number of anilines is 1. The Balaban J connectivity index is 1.37. The summed E-state index contributed by atoms with van der Waals surface area (Å²) >= 11 is 0. The molecule has 1 amide bonds. The van der Waals surface area contributed by atoms with E-state index in [0.29, 0.717) is 50.4 Å². The van der Waals surface area contributed by atoms with E-state index in [0.717, 1.165) is 11.1 Å². The highest BCUT2D eigenvalue weighted by molar-refractivity contribution is 5.83. The Morgan fingerprint density at radius 1 is 0.971 bits per heavy atom. The molecule has 0 bridgehead atoms. The molecule has 0 unspecified atom stereocenters. The van der Waals surface area contributed by atoms with E-state index in [1.807, 2.05) is 53.4 Å². The maximum atomic E-state index is 13.6. The van der Waals surface area contributed by atoms with Gasteiger partial charge in [-0.05, 0) is 48.6 Å². The molecule has 1 saturated heterocycles. The highest BCUT2D eigenvalue weighted by atomic mass is 19.1. The number of hydrogen-bond donors (Lipinski definition) is 2. The lowest BCUT2D eigenvalue weighted by molar-refractivity contribution is -0.132. The van der Waals surface area contributed by atoms with Crippen molar-refractivity contribution in [2.75, 3.05) is 18.0 Å². The van der Waals surface area contributed by atoms with Gasteiger partial charge in [-0.2, -0.15) is 0 Å². The molecule has 0 saturated carbocycles. The van der Waals surface area contributed by atoms with Gasteiger partial charge < -0.3 is 10.2 Å². The highest BCUT2D eigenvalue weighted by Crippen LogP contribution is 2.36. The molecule has 7 heteroatoms. The zero-order valence-electron chi connectivity index (χ0n) is 19.3. The number of benzene rings is 3. The van der Waals surface area contributed by atoms with E-state index in [1.165, 1.54) is 18.2 Å². The molecule has 5 rings (SSSR count). The SMILES string of the molecule is O=C(NCc1ccccc1)C1(Cc2ccccc2)CCN(c2nc3ccc(F)cc3c(=O)[nH]2)CC1. The minimum Gasteiger partial charge on any atom is -0.352 e. The van der Waals surface area contributed by atoms with E-state index in [9.17, 15) is 14.0 Å². The molecule has 4 aromatic rings. The molecule has 2 heterocycles. The van der Waals surface area contributed by atoms with Crippen LogP contribution in [0.1, 0.15) is 24.0 Å². The highest BCUT2D eigenvalue weighted by Gasteiger charge is 2.41. The van der Waals surface area contributed by atoms with Gasteiger partial charge in [0.15, 0.2) is 0 Å². The fraction of sp³-hybridized carbons (Fsp3) is 0.250. The molecule has 1 aliphatic rings. The largest absolute Gasteiger partial charge is 0.352 e. The third-order valence-corrected chi connectivity index (χ3v) is 6.84. The average Bonchev–Trinajstić information content (AvgIpc) is 2.89. The summed E-state index contributed by atoms with van der Waals surface area (Å²) in [5.41, 5.74) is 1.70. The molecule has 0 spiro atoms. The number of hydrogen-bond acceptors (Lipinski definition) is 4. The van der Waals surface area contributed by atoms with Crippen LogP contribution in [0.3, 0.4) is 0 Å². The molecule has 1 aromatic heterocycles. The summed E-state index contributed by atoms with van der Waals surface area (Å²) in [5.74, 6) is 0.0233. The predicted molar refractivity (Wildman–Crippen MR) is 135 cm³/mol. The van der Waals surface area contributed by atoms with Crippen LogP contribution in [0.25, 0.3) is 10.9 Å². The fourth-order valence-electron chi connectivity index (χ4n) is 4.83. The van der Waals surface area contributed by atoms with Crippen LogP contribution in [0.15, 0.2) is 83.7 Å². The fourth-order valence-corrected chi connectivity index (χ4v) is 4.83. The van der Waals surface area contributed by atoms with Crippen molar-refractivity contribution < 1.29 is 9.18 Å². The summed E-state index contributed by atoms with van der Waals surface area (Å²) in [6.07, 6.45) is 1.88. The van der Waals surface area contributed by atoms with Gasteiger partial charge in [0, 0.05) is 19.6 Å². The Morgan fingerprint density at radius 2 is 1.63 bits per heavy atom. The van der Waals surface area contributed by atoms with Gasteiger partial charge >= 0.3 is 0 Å². The molecule has 1 fully saturated rings. The molecule has 6 nitrogen and oxygen atoms in total. The summed E-state index contributed by atoms with van der Waals surface area (Å²) < 4.78 is 13.6. The normalized spacial score (nSPS) is 15.2. The molecule has 0 radical (unpaired) electrons. The summed E-state index contributed by atoms with van der Waals surface area (Å²) in [6, 6.07) is 24.0. The monoisotopic (exact) mass is 470 g/mol. The van der Waals surface area contributed by atoms with Crippen molar-refractivity contribution in [2.24, 2.45) is 5.41 Å². The standard InChI is InChI=1S/C28H27FN4O2/c29-22-11-12-24-23(17-22)25(34)32-27(31-24)33-15-13-28(14-16-33,18-20-7-3-1-4-8-20)26(35)30-19-21-9-5-2-6-10-21/h1-12,17H,13-16,18-19H2,(H,30,35)(H,31,32,34). The van der Waals surface area contributed by atoms with Crippen molar-refractivity contribution in [3.63, 3.8) is 0 Å². The van der Waals surface area contributed by atoms with Crippen molar-refractivity contribution in [2.45, 2.75) is 25.8 Å². The predicted octanol–water partition coefficient (Wildman–Crippen LogP) is 4.21. The number of nitrogens with zero attached hydrogens (tertiary/aromatic N) is 2. The van der Waals surface area contributed by atoms with E-state index in [2.05, 4.69) is 27.4 Å². The second-order valence-electron chi connectivity index (χ2n) is 9.15. The second kappa shape index (κ2) is 9.70. The van der Waals surface area contributed by atoms with E-state index in [1.54, 1.807) is 0 Å². The van der Waals surface area contributed by atoms with Crippen molar-refractivity contribution >= 4 is 22.8 Å². The maximum Gasteiger partial charge on any atom is 0.260 e. The summed E-state index contributed by atoms with van der Waals surface area (Å²) in [5, 5.41) is 3.38. The number of rotatable bonds is 6. The number of H-pyrrole nitrogens is 1. The number of halogens is 1. The van der Waals surface area contributed by atoms with Crippen LogP contribution < -0.4 is 15.8 Å². The molecule has 2 N–H and O–H groups in total. The van der Waals surface area contributed by atoms with Gasteiger partial charge in [-0.1, -0.05) is 60.7 Å². The maximum absolute atomic E-state index is 13.6. The van der Waals surface area contributed by atoms with Crippen LogP contribution in [0.4, 0.5) is 10.3 Å². The van der Waals surface area contributed by atoms with Crippen LogP contribution in [-0.2, 0) is 17.8 Å². The van der Waals surface area contributed by atoms with Crippen molar-refractivity contribution in [3.8, 4) is 0 Å². The van der Waals surface area contributed by atoms with E-state index in [-0.39, 0.29) is 16.9 Å². The molecule has 0 atom stereocenters. The van der Waals surface area contributed by atoms with Gasteiger partial charge in [0.1, 0.15) is 5.82 Å². The lowest BCUT2D eigenvalue weighted by Gasteiger charge is -2.41. The Hall–Kier alpha value is -4.00. The van der Waals surface area contributed by atoms with Crippen LogP contribution >= 0.6 is 0 Å². The average molecular weight is 471 g/mol. The van der Waals surface area contributed by atoms with Gasteiger partial charge in [-0.15, -0.1) is 0 Å². The Bertz CT molecular complexity index is 1380. The number of amides is 1. The minimum atomic E-state index is -0.563.